The van der Waals surface area contributed by atoms with Gasteiger partial charge in [0.25, 0.3) is 0 Å². The lowest BCUT2D eigenvalue weighted by Gasteiger charge is -2.13. The number of amidine groups is 1. The van der Waals surface area contributed by atoms with Crippen molar-refractivity contribution in [3.63, 3.8) is 0 Å². The van der Waals surface area contributed by atoms with Gasteiger partial charge in [-0.1, -0.05) is 29.8 Å². The van der Waals surface area contributed by atoms with E-state index in [1.807, 2.05) is 0 Å². The number of hydrogen-bond donors (Lipinski definition) is 0. The van der Waals surface area contributed by atoms with Crippen LogP contribution in [0.3, 0.4) is 0 Å². The van der Waals surface area contributed by atoms with Crippen LogP contribution >= 0.6 is 0 Å². The van der Waals surface area contributed by atoms with Crippen LogP contribution in [0.1, 0.15) is 24.0 Å². The van der Waals surface area contributed by atoms with Crippen LogP contribution in [-0.4, -0.2) is 18.6 Å². The lowest BCUT2D eigenvalue weighted by atomic mass is 10.0. The third-order valence-electron chi connectivity index (χ3n) is 3.38. The summed E-state index contributed by atoms with van der Waals surface area (Å²) in [6.07, 6.45) is 4.85. The van der Waals surface area contributed by atoms with Crippen LogP contribution in [0.25, 0.3) is 0 Å². The molecule has 1 aliphatic heterocycles. The molecular formula is C14H16N2. The predicted octanol–water partition coefficient (Wildman–Crippen LogP) is 2.85. The monoisotopic (exact) mass is 212 g/mol. The SMILES string of the molecule is Cc1ccc(C2=NCC(C3CC3)C=N2)cc1. The standard InChI is InChI=1S/C14H16N2/c1-10-2-4-12(5-3-10)14-15-8-13(9-16-14)11-6-7-11/h2-5,8,11,13H,6-7,9H2,1H3. The highest BCUT2D eigenvalue weighted by atomic mass is 14.9. The smallest absolute Gasteiger partial charge is 0.154 e. The molecule has 0 bridgehead atoms. The normalized spacial score (nSPS) is 24.3. The van der Waals surface area contributed by atoms with Gasteiger partial charge < -0.3 is 0 Å². The van der Waals surface area contributed by atoms with Gasteiger partial charge in [-0.2, -0.15) is 0 Å². The molecule has 1 atom stereocenters. The maximum absolute atomic E-state index is 4.59. The molecule has 1 aliphatic carbocycles. The second-order valence-corrected chi connectivity index (χ2v) is 4.81. The molecule has 1 unspecified atom stereocenters. The molecule has 1 aromatic carbocycles. The molecule has 1 saturated carbocycles. The van der Waals surface area contributed by atoms with Gasteiger partial charge in [-0.3, -0.25) is 4.99 Å². The van der Waals surface area contributed by atoms with E-state index in [0.29, 0.717) is 5.92 Å². The highest BCUT2D eigenvalue weighted by Crippen LogP contribution is 2.36. The van der Waals surface area contributed by atoms with E-state index in [2.05, 4.69) is 47.4 Å². The molecule has 0 spiro atoms. The topological polar surface area (TPSA) is 24.7 Å². The Bertz CT molecular complexity index is 438. The Kier molecular flexibility index (Phi) is 2.35. The summed E-state index contributed by atoms with van der Waals surface area (Å²) in [5.74, 6) is 2.37. The van der Waals surface area contributed by atoms with E-state index in [-0.39, 0.29) is 0 Å². The summed E-state index contributed by atoms with van der Waals surface area (Å²) in [6.45, 7) is 3.02. The summed E-state index contributed by atoms with van der Waals surface area (Å²) < 4.78 is 0. The first-order valence-corrected chi connectivity index (χ1v) is 5.98. The maximum Gasteiger partial charge on any atom is 0.154 e. The third-order valence-corrected chi connectivity index (χ3v) is 3.38. The Labute approximate surface area is 96.1 Å². The molecule has 1 heterocycles. The van der Waals surface area contributed by atoms with Gasteiger partial charge in [0, 0.05) is 24.2 Å². The second kappa shape index (κ2) is 3.85. The van der Waals surface area contributed by atoms with Gasteiger partial charge in [0.05, 0.1) is 0 Å². The lowest BCUT2D eigenvalue weighted by molar-refractivity contribution is 0.623. The summed E-state index contributed by atoms with van der Waals surface area (Å²) in [5, 5.41) is 0. The Morgan fingerprint density at radius 2 is 1.88 bits per heavy atom. The molecule has 1 aromatic rings. The summed E-state index contributed by atoms with van der Waals surface area (Å²) in [6, 6.07) is 8.42. The molecule has 1 fully saturated rings. The Morgan fingerprint density at radius 3 is 2.44 bits per heavy atom. The zero-order chi connectivity index (χ0) is 11.0. The molecule has 2 nitrogen and oxygen atoms in total. The van der Waals surface area contributed by atoms with E-state index in [4.69, 9.17) is 0 Å². The lowest BCUT2D eigenvalue weighted by Crippen LogP contribution is -2.16. The minimum Gasteiger partial charge on any atom is -0.266 e. The van der Waals surface area contributed by atoms with Gasteiger partial charge in [-0.05, 0) is 25.7 Å². The van der Waals surface area contributed by atoms with Crippen molar-refractivity contribution in [2.24, 2.45) is 21.8 Å². The van der Waals surface area contributed by atoms with Crippen molar-refractivity contribution in [2.75, 3.05) is 6.54 Å². The van der Waals surface area contributed by atoms with Crippen LogP contribution in [0, 0.1) is 18.8 Å². The number of nitrogens with zero attached hydrogens (tertiary/aromatic N) is 2. The van der Waals surface area contributed by atoms with Gasteiger partial charge in [-0.15, -0.1) is 0 Å². The largest absolute Gasteiger partial charge is 0.266 e. The van der Waals surface area contributed by atoms with E-state index in [1.54, 1.807) is 0 Å². The van der Waals surface area contributed by atoms with Crippen LogP contribution in [0.2, 0.25) is 0 Å². The second-order valence-electron chi connectivity index (χ2n) is 4.81. The van der Waals surface area contributed by atoms with Crippen LogP contribution in [0.5, 0.6) is 0 Å². The van der Waals surface area contributed by atoms with Crippen molar-refractivity contribution >= 4 is 12.1 Å². The van der Waals surface area contributed by atoms with E-state index < -0.39 is 0 Å². The van der Waals surface area contributed by atoms with Crippen molar-refractivity contribution in [3.05, 3.63) is 35.4 Å². The number of aryl methyl sites for hydroxylation is 1. The van der Waals surface area contributed by atoms with Crippen LogP contribution < -0.4 is 0 Å². The quantitative estimate of drug-likeness (QED) is 0.720. The molecule has 2 heteroatoms. The summed E-state index contributed by atoms with van der Waals surface area (Å²) in [7, 11) is 0. The van der Waals surface area contributed by atoms with Gasteiger partial charge in [0.15, 0.2) is 5.84 Å². The minimum atomic E-state index is 0.606. The first-order chi connectivity index (χ1) is 7.83. The van der Waals surface area contributed by atoms with Crippen molar-refractivity contribution in [3.8, 4) is 0 Å². The van der Waals surface area contributed by atoms with E-state index in [9.17, 15) is 0 Å². The average molecular weight is 212 g/mol. The van der Waals surface area contributed by atoms with Gasteiger partial charge in [0.2, 0.25) is 0 Å². The number of benzene rings is 1. The summed E-state index contributed by atoms with van der Waals surface area (Å²) >= 11 is 0. The summed E-state index contributed by atoms with van der Waals surface area (Å²) in [4.78, 5) is 9.09. The van der Waals surface area contributed by atoms with Crippen LogP contribution in [-0.2, 0) is 0 Å². The highest BCUT2D eigenvalue weighted by molar-refractivity contribution is 6.04. The number of rotatable bonds is 2. The van der Waals surface area contributed by atoms with E-state index >= 15 is 0 Å². The maximum atomic E-state index is 4.59. The molecule has 0 aromatic heterocycles. The molecule has 2 aliphatic rings. The molecule has 0 N–H and O–H groups in total. The minimum absolute atomic E-state index is 0.606. The Balaban J connectivity index is 1.77. The van der Waals surface area contributed by atoms with Crippen molar-refractivity contribution in [1.82, 2.24) is 0 Å². The molecule has 0 amide bonds. The highest BCUT2D eigenvalue weighted by Gasteiger charge is 2.31. The van der Waals surface area contributed by atoms with Crippen molar-refractivity contribution in [1.29, 1.82) is 0 Å². The Hall–Kier alpha value is -1.44. The number of hydrogen-bond acceptors (Lipinski definition) is 2. The van der Waals surface area contributed by atoms with Gasteiger partial charge in [0.1, 0.15) is 0 Å². The molecule has 82 valence electrons. The van der Waals surface area contributed by atoms with E-state index in [0.717, 1.165) is 23.9 Å². The predicted molar refractivity (Wildman–Crippen MR) is 67.3 cm³/mol. The fraction of sp³-hybridized carbons (Fsp3) is 0.429. The summed E-state index contributed by atoms with van der Waals surface area (Å²) in [5.41, 5.74) is 2.41. The molecule has 16 heavy (non-hydrogen) atoms. The zero-order valence-electron chi connectivity index (χ0n) is 9.56. The average Bonchev–Trinajstić information content (AvgIpc) is 3.14. The Morgan fingerprint density at radius 1 is 1.12 bits per heavy atom. The third kappa shape index (κ3) is 1.92. The fourth-order valence-electron chi connectivity index (χ4n) is 2.11. The van der Waals surface area contributed by atoms with Crippen molar-refractivity contribution in [2.45, 2.75) is 19.8 Å². The van der Waals surface area contributed by atoms with E-state index in [1.165, 1.54) is 18.4 Å². The van der Waals surface area contributed by atoms with Crippen LogP contribution in [0.15, 0.2) is 34.3 Å². The first-order valence-electron chi connectivity index (χ1n) is 5.98. The van der Waals surface area contributed by atoms with Crippen molar-refractivity contribution < 1.29 is 0 Å². The van der Waals surface area contributed by atoms with Crippen LogP contribution in [0.4, 0.5) is 0 Å². The first kappa shape index (κ1) is 9.76. The van der Waals surface area contributed by atoms with Gasteiger partial charge >= 0.3 is 0 Å². The molecule has 3 rings (SSSR count). The zero-order valence-corrected chi connectivity index (χ0v) is 9.56. The molecule has 0 radical (unpaired) electrons. The fourth-order valence-corrected chi connectivity index (χ4v) is 2.11. The van der Waals surface area contributed by atoms with Gasteiger partial charge in [-0.25, -0.2) is 4.99 Å². The molecular weight excluding hydrogens is 196 g/mol. The number of aliphatic imine (C=N–C) groups is 2. The molecule has 0 saturated heterocycles.